The Labute approximate surface area is 165 Å². The molecule has 0 atom stereocenters. The summed E-state index contributed by atoms with van der Waals surface area (Å²) in [6.45, 7) is 2.19. The van der Waals surface area contributed by atoms with Gasteiger partial charge in [-0.15, -0.1) is 11.8 Å². The van der Waals surface area contributed by atoms with Crippen LogP contribution in [0.3, 0.4) is 0 Å². The van der Waals surface area contributed by atoms with Gasteiger partial charge in [-0.05, 0) is 42.0 Å². The third-order valence-electron chi connectivity index (χ3n) is 4.18. The van der Waals surface area contributed by atoms with Crippen molar-refractivity contribution in [2.75, 3.05) is 5.75 Å². The molecule has 0 aliphatic rings. The first kappa shape index (κ1) is 17.3. The van der Waals surface area contributed by atoms with Gasteiger partial charge < -0.3 is 4.57 Å². The van der Waals surface area contributed by atoms with Crippen molar-refractivity contribution in [1.82, 2.24) is 14.5 Å². The van der Waals surface area contributed by atoms with Gasteiger partial charge in [-0.25, -0.2) is 9.97 Å². The van der Waals surface area contributed by atoms with Crippen LogP contribution < -0.4 is 0 Å². The zero-order valence-electron chi connectivity index (χ0n) is 14.4. The van der Waals surface area contributed by atoms with E-state index in [-0.39, 0.29) is 0 Å². The molecular weight excluding hydrogens is 406 g/mol. The minimum Gasteiger partial charge on any atom is -0.301 e. The molecule has 0 bridgehead atoms. The van der Waals surface area contributed by atoms with Crippen molar-refractivity contribution in [3.05, 3.63) is 71.6 Å². The summed E-state index contributed by atoms with van der Waals surface area (Å²) in [5, 5.41) is 2.17. The number of aromatic nitrogens is 3. The van der Waals surface area contributed by atoms with Gasteiger partial charge in [0.2, 0.25) is 0 Å². The van der Waals surface area contributed by atoms with E-state index in [2.05, 4.69) is 92.1 Å². The largest absolute Gasteiger partial charge is 0.301 e. The van der Waals surface area contributed by atoms with Crippen molar-refractivity contribution in [1.29, 1.82) is 0 Å². The van der Waals surface area contributed by atoms with Crippen molar-refractivity contribution in [2.24, 2.45) is 0 Å². The van der Waals surface area contributed by atoms with E-state index >= 15 is 0 Å². The van der Waals surface area contributed by atoms with Crippen LogP contribution in [0.4, 0.5) is 0 Å². The smallest absolute Gasteiger partial charge is 0.149 e. The predicted octanol–water partition coefficient (Wildman–Crippen LogP) is 6.35. The third-order valence-corrected chi connectivity index (χ3v) is 5.90. The molecule has 3 nitrogen and oxygen atoms in total. The average molecular weight is 424 g/mol. The van der Waals surface area contributed by atoms with Gasteiger partial charge in [-0.2, -0.15) is 0 Å². The van der Waals surface area contributed by atoms with Crippen molar-refractivity contribution in [3.8, 4) is 16.8 Å². The third kappa shape index (κ3) is 3.29. The van der Waals surface area contributed by atoms with Crippen LogP contribution >= 0.6 is 27.7 Å². The zero-order valence-corrected chi connectivity index (χ0v) is 16.8. The lowest BCUT2D eigenvalue weighted by molar-refractivity contribution is 1.04. The normalized spacial score (nSPS) is 11.2. The lowest BCUT2D eigenvalue weighted by Crippen LogP contribution is -1.94. The summed E-state index contributed by atoms with van der Waals surface area (Å²) < 4.78 is 3.22. The second-order valence-corrected chi connectivity index (χ2v) is 7.98. The molecule has 2 aromatic heterocycles. The molecule has 2 heterocycles. The number of thioether (sulfide) groups is 1. The Bertz CT molecular complexity index is 1030. The van der Waals surface area contributed by atoms with E-state index in [1.165, 1.54) is 11.1 Å². The van der Waals surface area contributed by atoms with Crippen molar-refractivity contribution >= 4 is 38.7 Å². The van der Waals surface area contributed by atoms with Crippen LogP contribution in [0, 0.1) is 0 Å². The Balaban J connectivity index is 1.98. The summed E-state index contributed by atoms with van der Waals surface area (Å²) >= 11 is 5.31. The molecule has 0 aliphatic carbocycles. The highest BCUT2D eigenvalue weighted by Gasteiger charge is 2.17. The highest BCUT2D eigenvalue weighted by Crippen LogP contribution is 2.36. The van der Waals surface area contributed by atoms with E-state index in [1.807, 2.05) is 6.07 Å². The van der Waals surface area contributed by atoms with E-state index in [0.29, 0.717) is 0 Å². The minimum absolute atomic E-state index is 0.944. The van der Waals surface area contributed by atoms with E-state index < -0.39 is 0 Å². The van der Waals surface area contributed by atoms with Crippen LogP contribution in [-0.2, 0) is 0 Å². The Morgan fingerprint density at radius 3 is 2.50 bits per heavy atom. The van der Waals surface area contributed by atoms with Crippen LogP contribution in [-0.4, -0.2) is 20.3 Å². The van der Waals surface area contributed by atoms with Crippen molar-refractivity contribution in [3.63, 3.8) is 0 Å². The van der Waals surface area contributed by atoms with Crippen molar-refractivity contribution < 1.29 is 0 Å². The number of nitrogens with zero attached hydrogens (tertiary/aromatic N) is 3. The van der Waals surface area contributed by atoms with Crippen LogP contribution in [0.2, 0.25) is 0 Å². The number of halogens is 1. The highest BCUT2D eigenvalue weighted by atomic mass is 79.9. The van der Waals surface area contributed by atoms with Gasteiger partial charge in [0.05, 0.1) is 5.39 Å². The van der Waals surface area contributed by atoms with Gasteiger partial charge in [0, 0.05) is 21.9 Å². The summed E-state index contributed by atoms with van der Waals surface area (Å²) in [4.78, 5) is 9.20. The maximum atomic E-state index is 4.62. The van der Waals surface area contributed by atoms with Gasteiger partial charge in [-0.3, -0.25) is 0 Å². The van der Waals surface area contributed by atoms with E-state index in [0.717, 1.165) is 38.4 Å². The molecule has 0 spiro atoms. The molecule has 130 valence electrons. The molecule has 0 N–H and O–H groups in total. The summed E-state index contributed by atoms with van der Waals surface area (Å²) in [5.74, 6) is 1.05. The SMILES string of the molecule is CCCSc1ncnc2c1c(-c1ccccc1)cn2-c1ccc(Br)cc1. The first-order valence-corrected chi connectivity index (χ1v) is 10.4. The van der Waals surface area contributed by atoms with Gasteiger partial charge in [0.1, 0.15) is 17.0 Å². The molecular formula is C21H18BrN3S. The van der Waals surface area contributed by atoms with Gasteiger partial charge in [0.25, 0.3) is 0 Å². The summed E-state index contributed by atoms with van der Waals surface area (Å²) in [5.41, 5.74) is 4.38. The highest BCUT2D eigenvalue weighted by molar-refractivity contribution is 9.10. The number of benzene rings is 2. The Morgan fingerprint density at radius 1 is 1.00 bits per heavy atom. The quantitative estimate of drug-likeness (QED) is 0.276. The van der Waals surface area contributed by atoms with E-state index in [1.54, 1.807) is 18.1 Å². The summed E-state index contributed by atoms with van der Waals surface area (Å²) in [7, 11) is 0. The Hall–Kier alpha value is -2.11. The second kappa shape index (κ2) is 7.64. The maximum Gasteiger partial charge on any atom is 0.149 e. The molecule has 26 heavy (non-hydrogen) atoms. The lowest BCUT2D eigenvalue weighted by Gasteiger charge is -2.06. The molecule has 0 saturated carbocycles. The monoisotopic (exact) mass is 423 g/mol. The maximum absolute atomic E-state index is 4.62. The number of rotatable bonds is 5. The molecule has 0 radical (unpaired) electrons. The molecule has 0 fully saturated rings. The molecule has 0 aliphatic heterocycles. The second-order valence-electron chi connectivity index (χ2n) is 5.98. The van der Waals surface area contributed by atoms with Crippen LogP contribution in [0.25, 0.3) is 27.8 Å². The van der Waals surface area contributed by atoms with Gasteiger partial charge >= 0.3 is 0 Å². The molecule has 5 heteroatoms. The van der Waals surface area contributed by atoms with E-state index in [4.69, 9.17) is 0 Å². The minimum atomic E-state index is 0.944. The van der Waals surface area contributed by atoms with Crippen LogP contribution in [0.15, 0.2) is 76.6 Å². The molecule has 0 amide bonds. The Morgan fingerprint density at radius 2 is 1.77 bits per heavy atom. The molecule has 4 aromatic rings. The average Bonchev–Trinajstić information content (AvgIpc) is 3.08. The summed E-state index contributed by atoms with van der Waals surface area (Å²) in [6.07, 6.45) is 4.96. The van der Waals surface area contributed by atoms with Crippen molar-refractivity contribution in [2.45, 2.75) is 18.4 Å². The van der Waals surface area contributed by atoms with Gasteiger partial charge in [0.15, 0.2) is 0 Å². The van der Waals surface area contributed by atoms with Gasteiger partial charge in [-0.1, -0.05) is 53.2 Å². The van der Waals surface area contributed by atoms with Crippen LogP contribution in [0.5, 0.6) is 0 Å². The first-order valence-electron chi connectivity index (χ1n) is 8.58. The number of hydrogen-bond donors (Lipinski definition) is 0. The fourth-order valence-corrected chi connectivity index (χ4v) is 4.11. The Kier molecular flexibility index (Phi) is 5.09. The first-order chi connectivity index (χ1) is 12.8. The molecule has 0 saturated heterocycles. The molecule has 2 aromatic carbocycles. The molecule has 0 unspecified atom stereocenters. The number of hydrogen-bond acceptors (Lipinski definition) is 3. The summed E-state index contributed by atoms with van der Waals surface area (Å²) in [6, 6.07) is 18.8. The van der Waals surface area contributed by atoms with E-state index in [9.17, 15) is 0 Å². The topological polar surface area (TPSA) is 30.7 Å². The fraction of sp³-hybridized carbons (Fsp3) is 0.143. The lowest BCUT2D eigenvalue weighted by atomic mass is 10.1. The predicted molar refractivity (Wildman–Crippen MR) is 113 cm³/mol. The van der Waals surface area contributed by atoms with Crippen LogP contribution in [0.1, 0.15) is 13.3 Å². The standard InChI is InChI=1S/C21H18BrN3S/c1-2-12-26-21-19-18(15-6-4-3-5-7-15)13-25(20(19)23-14-24-21)17-10-8-16(22)9-11-17/h3-11,13-14H,2,12H2,1H3. The zero-order chi connectivity index (χ0) is 17.9. The number of fused-ring (bicyclic) bond motifs is 1. The molecule has 4 rings (SSSR count). The fourth-order valence-electron chi connectivity index (χ4n) is 2.98.